The van der Waals surface area contributed by atoms with Gasteiger partial charge in [0.25, 0.3) is 0 Å². The molecule has 0 radical (unpaired) electrons. The number of carbonyl (C=O) groups excluding carboxylic acids is 1. The fourth-order valence-corrected chi connectivity index (χ4v) is 2.87. The van der Waals surface area contributed by atoms with Gasteiger partial charge in [0, 0.05) is 31.0 Å². The van der Waals surface area contributed by atoms with Gasteiger partial charge in [0.15, 0.2) is 0 Å². The first-order valence-corrected chi connectivity index (χ1v) is 7.36. The maximum absolute atomic E-state index is 11.9. The second-order valence-electron chi connectivity index (χ2n) is 5.67. The molecule has 2 saturated heterocycles. The lowest BCUT2D eigenvalue weighted by atomic mass is 9.99. The van der Waals surface area contributed by atoms with Gasteiger partial charge in [0.2, 0.25) is 5.91 Å². The number of piperidine rings is 1. The molecule has 0 aromatic rings. The molecule has 18 heavy (non-hydrogen) atoms. The number of rotatable bonds is 5. The van der Waals surface area contributed by atoms with Crippen LogP contribution >= 0.6 is 0 Å². The quantitative estimate of drug-likeness (QED) is 0.781. The van der Waals surface area contributed by atoms with Crippen LogP contribution in [0.5, 0.6) is 0 Å². The minimum Gasteiger partial charge on any atom is -0.381 e. The van der Waals surface area contributed by atoms with E-state index in [4.69, 9.17) is 4.74 Å². The predicted octanol–water partition coefficient (Wildman–Crippen LogP) is 1.45. The van der Waals surface area contributed by atoms with Gasteiger partial charge in [-0.15, -0.1) is 0 Å². The molecular formula is C14H26N2O2. The molecule has 0 spiro atoms. The fourth-order valence-electron chi connectivity index (χ4n) is 2.87. The molecule has 2 N–H and O–H groups in total. The Bertz CT molecular complexity index is 259. The van der Waals surface area contributed by atoms with Crippen LogP contribution in [-0.4, -0.2) is 37.7 Å². The maximum atomic E-state index is 11.9. The summed E-state index contributed by atoms with van der Waals surface area (Å²) < 4.78 is 5.35. The lowest BCUT2D eigenvalue weighted by molar-refractivity contribution is -0.122. The lowest BCUT2D eigenvalue weighted by Crippen LogP contribution is -2.40. The Hall–Kier alpha value is -0.610. The summed E-state index contributed by atoms with van der Waals surface area (Å²) >= 11 is 0. The third-order valence-corrected chi connectivity index (χ3v) is 4.19. The zero-order valence-electron chi connectivity index (χ0n) is 11.4. The Labute approximate surface area is 110 Å². The molecule has 2 aliphatic rings. The summed E-state index contributed by atoms with van der Waals surface area (Å²) in [5.74, 6) is 0.698. The minimum atomic E-state index is 0.196. The number of carbonyl (C=O) groups is 1. The number of hydrogen-bond acceptors (Lipinski definition) is 3. The van der Waals surface area contributed by atoms with Crippen molar-refractivity contribution < 1.29 is 9.53 Å². The van der Waals surface area contributed by atoms with E-state index in [-0.39, 0.29) is 11.9 Å². The van der Waals surface area contributed by atoms with E-state index >= 15 is 0 Å². The third-order valence-electron chi connectivity index (χ3n) is 4.19. The first kappa shape index (κ1) is 13.8. The first-order valence-electron chi connectivity index (χ1n) is 7.36. The van der Waals surface area contributed by atoms with Crippen LogP contribution in [0, 0.1) is 5.92 Å². The van der Waals surface area contributed by atoms with Crippen LogP contribution in [0.25, 0.3) is 0 Å². The van der Waals surface area contributed by atoms with Crippen molar-refractivity contribution in [2.75, 3.05) is 19.8 Å². The molecule has 0 aromatic heterocycles. The van der Waals surface area contributed by atoms with Gasteiger partial charge in [-0.3, -0.25) is 4.79 Å². The molecule has 0 saturated carbocycles. The summed E-state index contributed by atoms with van der Waals surface area (Å²) in [6, 6.07) is 0.800. The number of ether oxygens (including phenoxy) is 1. The normalized spacial score (nSPS) is 30.1. The van der Waals surface area contributed by atoms with Crippen LogP contribution < -0.4 is 10.6 Å². The summed E-state index contributed by atoms with van der Waals surface area (Å²) in [6.45, 7) is 4.85. The van der Waals surface area contributed by atoms with Crippen LogP contribution in [0.2, 0.25) is 0 Å². The van der Waals surface area contributed by atoms with E-state index in [1.54, 1.807) is 0 Å². The smallest absolute Gasteiger partial charge is 0.220 e. The van der Waals surface area contributed by atoms with Gasteiger partial charge in [-0.25, -0.2) is 0 Å². The van der Waals surface area contributed by atoms with Crippen molar-refractivity contribution >= 4 is 5.91 Å². The SMILES string of the molecule is CC(NC(=O)CCC1CCCCN1)C1CCOC1. The van der Waals surface area contributed by atoms with E-state index in [0.29, 0.717) is 18.4 Å². The summed E-state index contributed by atoms with van der Waals surface area (Å²) in [6.07, 6.45) is 6.50. The maximum Gasteiger partial charge on any atom is 0.220 e. The van der Waals surface area contributed by atoms with Crippen LogP contribution in [-0.2, 0) is 9.53 Å². The number of hydrogen-bond donors (Lipinski definition) is 2. The Balaban J connectivity index is 1.61. The lowest BCUT2D eigenvalue weighted by Gasteiger charge is -2.24. The van der Waals surface area contributed by atoms with E-state index in [2.05, 4.69) is 17.6 Å². The van der Waals surface area contributed by atoms with Gasteiger partial charge in [0.1, 0.15) is 0 Å². The summed E-state index contributed by atoms with van der Waals surface area (Å²) in [7, 11) is 0. The molecule has 4 heteroatoms. The summed E-state index contributed by atoms with van der Waals surface area (Å²) in [5.41, 5.74) is 0. The molecule has 2 rings (SSSR count). The average Bonchev–Trinajstić information content (AvgIpc) is 2.91. The van der Waals surface area contributed by atoms with Crippen LogP contribution in [0.1, 0.15) is 45.4 Å². The summed E-state index contributed by atoms with van der Waals surface area (Å²) in [4.78, 5) is 11.9. The number of nitrogens with one attached hydrogen (secondary N) is 2. The standard InChI is InChI=1S/C14H26N2O2/c1-11(12-7-9-18-10-12)16-14(17)6-5-13-4-2-3-8-15-13/h11-13,15H,2-10H2,1H3,(H,16,17). The summed E-state index contributed by atoms with van der Waals surface area (Å²) in [5, 5.41) is 6.60. The molecule has 2 heterocycles. The molecule has 0 aliphatic carbocycles. The topological polar surface area (TPSA) is 50.4 Å². The molecule has 2 aliphatic heterocycles. The zero-order chi connectivity index (χ0) is 12.8. The molecule has 4 nitrogen and oxygen atoms in total. The van der Waals surface area contributed by atoms with Crippen molar-refractivity contribution in [1.29, 1.82) is 0 Å². The van der Waals surface area contributed by atoms with Crippen molar-refractivity contribution in [2.45, 2.75) is 57.5 Å². The van der Waals surface area contributed by atoms with E-state index in [1.807, 2.05) is 0 Å². The van der Waals surface area contributed by atoms with Crippen molar-refractivity contribution in [2.24, 2.45) is 5.92 Å². The van der Waals surface area contributed by atoms with Crippen molar-refractivity contribution in [3.05, 3.63) is 0 Å². The molecule has 0 aromatic carbocycles. The second kappa shape index (κ2) is 7.10. The van der Waals surface area contributed by atoms with Gasteiger partial charge in [0.05, 0.1) is 6.61 Å². The predicted molar refractivity (Wildman–Crippen MR) is 71.4 cm³/mol. The Morgan fingerprint density at radius 2 is 2.33 bits per heavy atom. The Morgan fingerprint density at radius 1 is 1.44 bits per heavy atom. The Kier molecular flexibility index (Phi) is 5.45. The molecule has 3 atom stereocenters. The van der Waals surface area contributed by atoms with Crippen LogP contribution in [0.4, 0.5) is 0 Å². The van der Waals surface area contributed by atoms with Gasteiger partial charge in [-0.05, 0) is 39.2 Å². The van der Waals surface area contributed by atoms with Crippen LogP contribution in [0.3, 0.4) is 0 Å². The largest absolute Gasteiger partial charge is 0.381 e. The highest BCUT2D eigenvalue weighted by Crippen LogP contribution is 2.17. The van der Waals surface area contributed by atoms with Crippen LogP contribution in [0.15, 0.2) is 0 Å². The molecule has 1 amide bonds. The van der Waals surface area contributed by atoms with Crippen molar-refractivity contribution in [3.8, 4) is 0 Å². The van der Waals surface area contributed by atoms with Crippen molar-refractivity contribution in [3.63, 3.8) is 0 Å². The van der Waals surface area contributed by atoms with Crippen molar-refractivity contribution in [1.82, 2.24) is 10.6 Å². The molecular weight excluding hydrogens is 228 g/mol. The average molecular weight is 254 g/mol. The van der Waals surface area contributed by atoms with Gasteiger partial charge < -0.3 is 15.4 Å². The van der Waals surface area contributed by atoms with Gasteiger partial charge in [-0.2, -0.15) is 0 Å². The molecule has 104 valence electrons. The second-order valence-corrected chi connectivity index (χ2v) is 5.67. The molecule has 2 fully saturated rings. The Morgan fingerprint density at radius 3 is 3.00 bits per heavy atom. The van der Waals surface area contributed by atoms with E-state index in [9.17, 15) is 4.79 Å². The highest BCUT2D eigenvalue weighted by atomic mass is 16.5. The molecule has 3 unspecified atom stereocenters. The zero-order valence-corrected chi connectivity index (χ0v) is 11.4. The highest BCUT2D eigenvalue weighted by molar-refractivity contribution is 5.76. The third kappa shape index (κ3) is 4.25. The fraction of sp³-hybridized carbons (Fsp3) is 0.929. The highest BCUT2D eigenvalue weighted by Gasteiger charge is 2.23. The first-order chi connectivity index (χ1) is 8.75. The minimum absolute atomic E-state index is 0.196. The van der Waals surface area contributed by atoms with E-state index in [1.165, 1.54) is 19.3 Å². The van der Waals surface area contributed by atoms with Gasteiger partial charge in [-0.1, -0.05) is 6.42 Å². The molecule has 0 bridgehead atoms. The van der Waals surface area contributed by atoms with Gasteiger partial charge >= 0.3 is 0 Å². The number of amides is 1. The van der Waals surface area contributed by atoms with E-state index < -0.39 is 0 Å². The monoisotopic (exact) mass is 254 g/mol. The van der Waals surface area contributed by atoms with E-state index in [0.717, 1.165) is 32.6 Å².